The molecule has 0 aliphatic heterocycles. The predicted octanol–water partition coefficient (Wildman–Crippen LogP) is 4.66. The highest BCUT2D eigenvalue weighted by atomic mass is 16.5. The lowest BCUT2D eigenvalue weighted by atomic mass is 10.1. The number of carbonyl (C=O) groups excluding carboxylic acids is 1. The van der Waals surface area contributed by atoms with Gasteiger partial charge in [0.05, 0.1) is 12.2 Å². The Labute approximate surface area is 129 Å². The van der Waals surface area contributed by atoms with E-state index in [0.717, 1.165) is 24.9 Å². The van der Waals surface area contributed by atoms with E-state index in [-0.39, 0.29) is 5.97 Å². The van der Waals surface area contributed by atoms with Crippen molar-refractivity contribution in [2.45, 2.75) is 66.0 Å². The van der Waals surface area contributed by atoms with E-state index in [2.05, 4.69) is 39.5 Å². The summed E-state index contributed by atoms with van der Waals surface area (Å²) in [6.07, 6.45) is 3.17. The summed E-state index contributed by atoms with van der Waals surface area (Å²) in [5, 5.41) is 0. The normalized spacial score (nSPS) is 11.0. The highest BCUT2D eigenvalue weighted by Gasteiger charge is 2.15. The van der Waals surface area contributed by atoms with Crippen LogP contribution < -0.4 is 4.90 Å². The Hall–Kier alpha value is -1.51. The topological polar surface area (TPSA) is 29.5 Å². The fourth-order valence-corrected chi connectivity index (χ4v) is 2.56. The first kappa shape index (κ1) is 17.5. The number of anilines is 1. The average Bonchev–Trinajstić information content (AvgIpc) is 2.43. The standard InChI is InChI=1S/C18H29NO2/c1-6-7-8-13-21-18(20)16-9-11-17(12-10-16)19(14(2)3)15(4)5/h9-12,14-15H,6-8,13H2,1-5H3. The Morgan fingerprint density at radius 2 is 1.62 bits per heavy atom. The molecular weight excluding hydrogens is 262 g/mol. The van der Waals surface area contributed by atoms with Crippen LogP contribution in [-0.2, 0) is 4.74 Å². The lowest BCUT2D eigenvalue weighted by Crippen LogP contribution is -2.36. The fourth-order valence-electron chi connectivity index (χ4n) is 2.56. The third kappa shape index (κ3) is 5.41. The van der Waals surface area contributed by atoms with E-state index in [1.54, 1.807) is 0 Å². The van der Waals surface area contributed by atoms with Gasteiger partial charge < -0.3 is 9.64 Å². The van der Waals surface area contributed by atoms with Crippen LogP contribution in [0.25, 0.3) is 0 Å². The van der Waals surface area contributed by atoms with Crippen molar-refractivity contribution in [1.29, 1.82) is 0 Å². The van der Waals surface area contributed by atoms with E-state index >= 15 is 0 Å². The summed E-state index contributed by atoms with van der Waals surface area (Å²) in [6, 6.07) is 8.57. The molecule has 0 amide bonds. The lowest BCUT2D eigenvalue weighted by molar-refractivity contribution is 0.0498. The first-order chi connectivity index (χ1) is 9.97. The Kier molecular flexibility index (Phi) is 7.27. The fraction of sp³-hybridized carbons (Fsp3) is 0.611. The number of unbranched alkanes of at least 4 members (excludes halogenated alkanes) is 2. The van der Waals surface area contributed by atoms with E-state index in [1.807, 2.05) is 24.3 Å². The minimum absolute atomic E-state index is 0.224. The quantitative estimate of drug-likeness (QED) is 0.515. The van der Waals surface area contributed by atoms with Crippen molar-refractivity contribution in [3.05, 3.63) is 29.8 Å². The van der Waals surface area contributed by atoms with Gasteiger partial charge in [0.2, 0.25) is 0 Å². The van der Waals surface area contributed by atoms with E-state index < -0.39 is 0 Å². The molecule has 0 aliphatic rings. The van der Waals surface area contributed by atoms with Crippen LogP contribution in [-0.4, -0.2) is 24.7 Å². The van der Waals surface area contributed by atoms with Crippen molar-refractivity contribution in [1.82, 2.24) is 0 Å². The smallest absolute Gasteiger partial charge is 0.338 e. The number of hydrogen-bond donors (Lipinski definition) is 0. The second-order valence-electron chi connectivity index (χ2n) is 5.98. The summed E-state index contributed by atoms with van der Waals surface area (Å²) < 4.78 is 5.27. The number of esters is 1. The summed E-state index contributed by atoms with van der Waals surface area (Å²) in [5.41, 5.74) is 1.77. The molecule has 0 spiro atoms. The van der Waals surface area contributed by atoms with E-state index in [4.69, 9.17) is 4.74 Å². The van der Waals surface area contributed by atoms with Gasteiger partial charge in [-0.1, -0.05) is 19.8 Å². The Morgan fingerprint density at radius 1 is 1.05 bits per heavy atom. The van der Waals surface area contributed by atoms with Crippen molar-refractivity contribution in [2.75, 3.05) is 11.5 Å². The number of hydrogen-bond acceptors (Lipinski definition) is 3. The molecular formula is C18H29NO2. The molecule has 0 atom stereocenters. The molecule has 1 aromatic carbocycles. The van der Waals surface area contributed by atoms with Gasteiger partial charge in [-0.3, -0.25) is 0 Å². The maximum Gasteiger partial charge on any atom is 0.338 e. The summed E-state index contributed by atoms with van der Waals surface area (Å²) in [6.45, 7) is 11.4. The van der Waals surface area contributed by atoms with E-state index in [1.165, 1.54) is 0 Å². The molecule has 0 heterocycles. The summed E-state index contributed by atoms with van der Waals surface area (Å²) in [5.74, 6) is -0.224. The molecule has 0 aliphatic carbocycles. The molecule has 1 aromatic rings. The van der Waals surface area contributed by atoms with Crippen molar-refractivity contribution in [3.8, 4) is 0 Å². The monoisotopic (exact) mass is 291 g/mol. The highest BCUT2D eigenvalue weighted by molar-refractivity contribution is 5.89. The zero-order valence-electron chi connectivity index (χ0n) is 14.1. The molecule has 21 heavy (non-hydrogen) atoms. The first-order valence-electron chi connectivity index (χ1n) is 8.02. The number of benzene rings is 1. The number of rotatable bonds is 8. The van der Waals surface area contributed by atoms with Gasteiger partial charge >= 0.3 is 5.97 Å². The zero-order valence-corrected chi connectivity index (χ0v) is 14.1. The Bertz CT molecular complexity index is 415. The molecule has 0 saturated heterocycles. The van der Waals surface area contributed by atoms with Gasteiger partial charge in [-0.05, 0) is 58.4 Å². The largest absolute Gasteiger partial charge is 0.462 e. The zero-order chi connectivity index (χ0) is 15.8. The second kappa shape index (κ2) is 8.71. The number of carbonyl (C=O) groups is 1. The molecule has 1 rings (SSSR count). The van der Waals surface area contributed by atoms with Crippen LogP contribution in [0.2, 0.25) is 0 Å². The van der Waals surface area contributed by atoms with Gasteiger partial charge in [0.25, 0.3) is 0 Å². The second-order valence-corrected chi connectivity index (χ2v) is 5.98. The van der Waals surface area contributed by atoms with Crippen molar-refractivity contribution in [3.63, 3.8) is 0 Å². The van der Waals surface area contributed by atoms with Crippen LogP contribution in [0.1, 0.15) is 64.2 Å². The van der Waals surface area contributed by atoms with Crippen LogP contribution in [0.3, 0.4) is 0 Å². The molecule has 3 nitrogen and oxygen atoms in total. The first-order valence-corrected chi connectivity index (χ1v) is 8.02. The van der Waals surface area contributed by atoms with Crippen molar-refractivity contribution >= 4 is 11.7 Å². The maximum absolute atomic E-state index is 11.9. The molecule has 0 N–H and O–H groups in total. The maximum atomic E-state index is 11.9. The van der Waals surface area contributed by atoms with E-state index in [9.17, 15) is 4.79 Å². The van der Waals surface area contributed by atoms with Crippen LogP contribution in [0, 0.1) is 0 Å². The SMILES string of the molecule is CCCCCOC(=O)c1ccc(N(C(C)C)C(C)C)cc1. The molecule has 118 valence electrons. The molecule has 3 heteroatoms. The van der Waals surface area contributed by atoms with Crippen molar-refractivity contribution < 1.29 is 9.53 Å². The minimum Gasteiger partial charge on any atom is -0.462 e. The summed E-state index contributed by atoms with van der Waals surface area (Å²) in [4.78, 5) is 14.3. The Balaban J connectivity index is 2.66. The third-order valence-corrected chi connectivity index (χ3v) is 3.49. The van der Waals surface area contributed by atoms with Crippen LogP contribution in [0.15, 0.2) is 24.3 Å². The Morgan fingerprint density at radius 3 is 2.10 bits per heavy atom. The number of ether oxygens (including phenoxy) is 1. The molecule has 0 bridgehead atoms. The van der Waals surface area contributed by atoms with Crippen LogP contribution in [0.4, 0.5) is 5.69 Å². The molecule has 0 unspecified atom stereocenters. The summed E-state index contributed by atoms with van der Waals surface area (Å²) in [7, 11) is 0. The third-order valence-electron chi connectivity index (χ3n) is 3.49. The van der Waals surface area contributed by atoms with Gasteiger partial charge in [0.15, 0.2) is 0 Å². The van der Waals surface area contributed by atoms with Gasteiger partial charge in [0.1, 0.15) is 0 Å². The van der Waals surface area contributed by atoms with Gasteiger partial charge in [-0.25, -0.2) is 4.79 Å². The van der Waals surface area contributed by atoms with Gasteiger partial charge in [-0.2, -0.15) is 0 Å². The molecule has 0 saturated carbocycles. The number of nitrogens with zero attached hydrogens (tertiary/aromatic N) is 1. The lowest BCUT2D eigenvalue weighted by Gasteiger charge is -2.33. The highest BCUT2D eigenvalue weighted by Crippen LogP contribution is 2.21. The minimum atomic E-state index is -0.224. The summed E-state index contributed by atoms with van der Waals surface area (Å²) >= 11 is 0. The van der Waals surface area contributed by atoms with E-state index in [0.29, 0.717) is 24.3 Å². The molecule has 0 radical (unpaired) electrons. The average molecular weight is 291 g/mol. The van der Waals surface area contributed by atoms with Crippen LogP contribution >= 0.6 is 0 Å². The van der Waals surface area contributed by atoms with Crippen molar-refractivity contribution in [2.24, 2.45) is 0 Å². The van der Waals surface area contributed by atoms with Crippen LogP contribution in [0.5, 0.6) is 0 Å². The van der Waals surface area contributed by atoms with Gasteiger partial charge in [0, 0.05) is 17.8 Å². The van der Waals surface area contributed by atoms with Gasteiger partial charge in [-0.15, -0.1) is 0 Å². The molecule has 0 aromatic heterocycles. The predicted molar refractivity (Wildman–Crippen MR) is 89.0 cm³/mol. The molecule has 0 fully saturated rings.